The first-order valence-corrected chi connectivity index (χ1v) is 6.46. The monoisotopic (exact) mass is 234 g/mol. The number of pyridine rings is 1. The predicted molar refractivity (Wildman–Crippen MR) is 70.4 cm³/mol. The fourth-order valence-corrected chi connectivity index (χ4v) is 2.68. The van der Waals surface area contributed by atoms with E-state index in [1.165, 1.54) is 19.3 Å². The Bertz CT molecular complexity index is 367. The summed E-state index contributed by atoms with van der Waals surface area (Å²) in [6.07, 6.45) is 3.86. The van der Waals surface area contributed by atoms with Gasteiger partial charge in [0.05, 0.1) is 7.11 Å². The molecule has 1 aromatic heterocycles. The number of nitrogens with one attached hydrogen (secondary N) is 1. The zero-order chi connectivity index (χ0) is 12.3. The molecule has 0 aromatic carbocycles. The topological polar surface area (TPSA) is 34.1 Å². The van der Waals surface area contributed by atoms with Crippen LogP contribution in [0.25, 0.3) is 0 Å². The maximum atomic E-state index is 5.14. The molecular formula is C14H22N2O. The highest BCUT2D eigenvalue weighted by atomic mass is 16.5. The molecule has 1 aromatic rings. The molecule has 0 bridgehead atoms. The van der Waals surface area contributed by atoms with Gasteiger partial charge in [-0.25, -0.2) is 0 Å². The number of hydrogen-bond donors (Lipinski definition) is 1. The average molecular weight is 234 g/mol. The molecule has 3 atom stereocenters. The summed E-state index contributed by atoms with van der Waals surface area (Å²) in [5.41, 5.74) is 0. The Labute approximate surface area is 104 Å². The van der Waals surface area contributed by atoms with E-state index in [-0.39, 0.29) is 0 Å². The van der Waals surface area contributed by atoms with Crippen LogP contribution in [0.4, 0.5) is 5.82 Å². The molecule has 3 heteroatoms. The highest BCUT2D eigenvalue weighted by Gasteiger charge is 2.25. The number of hydrogen-bond acceptors (Lipinski definition) is 3. The maximum absolute atomic E-state index is 5.14. The second-order valence-electron chi connectivity index (χ2n) is 5.21. The van der Waals surface area contributed by atoms with Gasteiger partial charge in [-0.3, -0.25) is 0 Å². The van der Waals surface area contributed by atoms with E-state index in [1.54, 1.807) is 7.11 Å². The van der Waals surface area contributed by atoms with Crippen LogP contribution in [0.2, 0.25) is 0 Å². The number of nitrogens with zero attached hydrogens (tertiary/aromatic N) is 1. The lowest BCUT2D eigenvalue weighted by Gasteiger charge is -2.33. The van der Waals surface area contributed by atoms with Crippen LogP contribution in [-0.2, 0) is 0 Å². The van der Waals surface area contributed by atoms with E-state index in [0.717, 1.165) is 11.7 Å². The Hall–Kier alpha value is -1.25. The van der Waals surface area contributed by atoms with Gasteiger partial charge in [-0.05, 0) is 37.2 Å². The smallest absolute Gasteiger partial charge is 0.214 e. The van der Waals surface area contributed by atoms with Gasteiger partial charge >= 0.3 is 0 Å². The van der Waals surface area contributed by atoms with Crippen molar-refractivity contribution in [1.82, 2.24) is 4.98 Å². The van der Waals surface area contributed by atoms with Gasteiger partial charge in [0.15, 0.2) is 0 Å². The van der Waals surface area contributed by atoms with Gasteiger partial charge in [-0.15, -0.1) is 0 Å². The van der Waals surface area contributed by atoms with Crippen LogP contribution in [-0.4, -0.2) is 18.1 Å². The van der Waals surface area contributed by atoms with Crippen molar-refractivity contribution in [3.63, 3.8) is 0 Å². The van der Waals surface area contributed by atoms with Crippen molar-refractivity contribution in [2.45, 2.75) is 39.2 Å². The van der Waals surface area contributed by atoms with E-state index in [0.29, 0.717) is 17.8 Å². The quantitative estimate of drug-likeness (QED) is 0.871. The van der Waals surface area contributed by atoms with E-state index in [9.17, 15) is 0 Å². The van der Waals surface area contributed by atoms with Crippen LogP contribution in [0.1, 0.15) is 33.1 Å². The molecule has 0 spiro atoms. The van der Waals surface area contributed by atoms with Crippen LogP contribution in [0.5, 0.6) is 5.88 Å². The maximum Gasteiger partial charge on any atom is 0.214 e. The fraction of sp³-hybridized carbons (Fsp3) is 0.643. The summed E-state index contributed by atoms with van der Waals surface area (Å²) in [4.78, 5) is 4.41. The summed E-state index contributed by atoms with van der Waals surface area (Å²) >= 11 is 0. The molecule has 94 valence electrons. The zero-order valence-electron chi connectivity index (χ0n) is 10.9. The highest BCUT2D eigenvalue weighted by molar-refractivity contribution is 5.38. The van der Waals surface area contributed by atoms with Crippen molar-refractivity contribution < 1.29 is 4.74 Å². The van der Waals surface area contributed by atoms with Crippen LogP contribution in [0, 0.1) is 11.8 Å². The van der Waals surface area contributed by atoms with Gasteiger partial charge in [0.2, 0.25) is 5.88 Å². The summed E-state index contributed by atoms with van der Waals surface area (Å²) in [6.45, 7) is 4.67. The summed E-state index contributed by atoms with van der Waals surface area (Å²) in [7, 11) is 1.65. The number of anilines is 1. The number of aromatic nitrogens is 1. The third-order valence-corrected chi connectivity index (χ3v) is 3.70. The third kappa shape index (κ3) is 3.11. The lowest BCUT2D eigenvalue weighted by atomic mass is 9.80. The van der Waals surface area contributed by atoms with Crippen LogP contribution < -0.4 is 10.1 Å². The minimum atomic E-state index is 0.547. The number of methoxy groups -OCH3 is 1. The lowest BCUT2D eigenvalue weighted by Crippen LogP contribution is -2.33. The Balaban J connectivity index is 2.00. The summed E-state index contributed by atoms with van der Waals surface area (Å²) < 4.78 is 5.14. The largest absolute Gasteiger partial charge is 0.481 e. The highest BCUT2D eigenvalue weighted by Crippen LogP contribution is 2.30. The Morgan fingerprint density at radius 3 is 2.82 bits per heavy atom. The van der Waals surface area contributed by atoms with Crippen molar-refractivity contribution in [1.29, 1.82) is 0 Å². The minimum Gasteiger partial charge on any atom is -0.481 e. The molecule has 3 nitrogen and oxygen atoms in total. The van der Waals surface area contributed by atoms with Crippen LogP contribution >= 0.6 is 0 Å². The van der Waals surface area contributed by atoms with Gasteiger partial charge in [0, 0.05) is 12.1 Å². The molecule has 1 aliphatic carbocycles. The Morgan fingerprint density at radius 1 is 1.29 bits per heavy atom. The van der Waals surface area contributed by atoms with Crippen molar-refractivity contribution in [3.05, 3.63) is 18.2 Å². The molecule has 0 radical (unpaired) electrons. The van der Waals surface area contributed by atoms with E-state index in [1.807, 2.05) is 18.2 Å². The summed E-state index contributed by atoms with van der Waals surface area (Å²) in [5.74, 6) is 3.18. The van der Waals surface area contributed by atoms with Gasteiger partial charge in [-0.2, -0.15) is 4.98 Å². The molecule has 3 unspecified atom stereocenters. The molecule has 17 heavy (non-hydrogen) atoms. The molecular weight excluding hydrogens is 212 g/mol. The first kappa shape index (κ1) is 12.2. The molecule has 1 N–H and O–H groups in total. The van der Waals surface area contributed by atoms with Gasteiger partial charge < -0.3 is 10.1 Å². The van der Waals surface area contributed by atoms with E-state index in [2.05, 4.69) is 24.1 Å². The SMILES string of the molecule is COc1cccc(NC2CCC(C)CC2C)n1. The molecule has 0 amide bonds. The minimum absolute atomic E-state index is 0.547. The molecule has 1 aliphatic rings. The number of rotatable bonds is 3. The standard InChI is InChI=1S/C14H22N2O/c1-10-7-8-12(11(2)9-10)15-13-5-4-6-14(16-13)17-3/h4-6,10-12H,7-9H2,1-3H3,(H,15,16). The first-order chi connectivity index (χ1) is 8.19. The van der Waals surface area contributed by atoms with Crippen molar-refractivity contribution in [3.8, 4) is 5.88 Å². The Kier molecular flexibility index (Phi) is 3.87. The second kappa shape index (κ2) is 5.39. The molecule has 1 fully saturated rings. The normalized spacial score (nSPS) is 28.8. The average Bonchev–Trinajstić information content (AvgIpc) is 2.33. The predicted octanol–water partition coefficient (Wildman–Crippen LogP) is 3.33. The van der Waals surface area contributed by atoms with Crippen molar-refractivity contribution in [2.75, 3.05) is 12.4 Å². The zero-order valence-corrected chi connectivity index (χ0v) is 10.9. The third-order valence-electron chi connectivity index (χ3n) is 3.70. The van der Waals surface area contributed by atoms with Gasteiger partial charge in [0.25, 0.3) is 0 Å². The van der Waals surface area contributed by atoms with Crippen molar-refractivity contribution in [2.24, 2.45) is 11.8 Å². The summed E-state index contributed by atoms with van der Waals surface area (Å²) in [6, 6.07) is 6.40. The van der Waals surface area contributed by atoms with E-state index in [4.69, 9.17) is 4.74 Å². The number of ether oxygens (including phenoxy) is 1. The second-order valence-corrected chi connectivity index (χ2v) is 5.21. The molecule has 0 aliphatic heterocycles. The molecule has 1 saturated carbocycles. The lowest BCUT2D eigenvalue weighted by molar-refractivity contribution is 0.276. The van der Waals surface area contributed by atoms with E-state index >= 15 is 0 Å². The van der Waals surface area contributed by atoms with Crippen molar-refractivity contribution >= 4 is 5.82 Å². The van der Waals surface area contributed by atoms with E-state index < -0.39 is 0 Å². The van der Waals surface area contributed by atoms with Crippen LogP contribution in [0.3, 0.4) is 0 Å². The Morgan fingerprint density at radius 2 is 2.12 bits per heavy atom. The molecule has 1 heterocycles. The van der Waals surface area contributed by atoms with Crippen LogP contribution in [0.15, 0.2) is 18.2 Å². The first-order valence-electron chi connectivity index (χ1n) is 6.46. The molecule has 2 rings (SSSR count). The molecule has 0 saturated heterocycles. The summed E-state index contributed by atoms with van der Waals surface area (Å²) in [5, 5.41) is 3.53. The fourth-order valence-electron chi connectivity index (χ4n) is 2.68. The van der Waals surface area contributed by atoms with Gasteiger partial charge in [0.1, 0.15) is 5.82 Å². The van der Waals surface area contributed by atoms with Gasteiger partial charge in [-0.1, -0.05) is 19.9 Å².